The normalized spacial score (nSPS) is 16.2. The summed E-state index contributed by atoms with van der Waals surface area (Å²) in [5.41, 5.74) is 3.36. The molecule has 44 heavy (non-hydrogen) atoms. The number of benzene rings is 3. The fraction of sp³-hybridized carbons (Fsp3) is 0.333. The third-order valence-corrected chi connectivity index (χ3v) is 10.7. The summed E-state index contributed by atoms with van der Waals surface area (Å²) < 4.78 is 30.6. The molecule has 2 aliphatic rings. The zero-order chi connectivity index (χ0) is 30.8. The van der Waals surface area contributed by atoms with Crippen LogP contribution < -0.4 is 15.6 Å². The van der Waals surface area contributed by atoms with E-state index < -0.39 is 21.4 Å². The van der Waals surface area contributed by atoms with Crippen molar-refractivity contribution in [2.24, 2.45) is 0 Å². The van der Waals surface area contributed by atoms with Crippen LogP contribution in [-0.4, -0.2) is 73.9 Å². The predicted octanol–water partition coefficient (Wildman–Crippen LogP) is 3.97. The Labute approximate surface area is 262 Å². The quantitative estimate of drug-likeness (QED) is 0.316. The van der Waals surface area contributed by atoms with E-state index in [-0.39, 0.29) is 22.4 Å². The van der Waals surface area contributed by atoms with E-state index in [1.165, 1.54) is 10.4 Å². The maximum Gasteiger partial charge on any atom is 0.256 e. The van der Waals surface area contributed by atoms with E-state index in [2.05, 4.69) is 21.2 Å². The van der Waals surface area contributed by atoms with E-state index in [4.69, 9.17) is 11.6 Å². The number of aromatic nitrogens is 1. The van der Waals surface area contributed by atoms with Gasteiger partial charge in [-0.2, -0.15) is 4.31 Å². The number of sulfonamides is 1. The van der Waals surface area contributed by atoms with Crippen molar-refractivity contribution < 1.29 is 13.2 Å². The number of pyridine rings is 1. The van der Waals surface area contributed by atoms with Crippen molar-refractivity contribution in [3.05, 3.63) is 105 Å². The molecule has 1 saturated heterocycles. The van der Waals surface area contributed by atoms with Crippen molar-refractivity contribution in [2.75, 3.05) is 50.7 Å². The molecular formula is C33H36ClN5O4S. The van der Waals surface area contributed by atoms with Crippen LogP contribution in [0.4, 0.5) is 5.69 Å². The van der Waals surface area contributed by atoms with E-state index in [1.807, 2.05) is 54.0 Å². The van der Waals surface area contributed by atoms with Crippen LogP contribution in [0.25, 0.3) is 10.9 Å². The number of piperazine rings is 1. The van der Waals surface area contributed by atoms with Gasteiger partial charge in [0, 0.05) is 81.2 Å². The first-order valence-electron chi connectivity index (χ1n) is 15.0. The Morgan fingerprint density at radius 2 is 1.70 bits per heavy atom. The lowest BCUT2D eigenvalue weighted by atomic mass is 10.0. The molecule has 0 spiro atoms. The standard InChI is InChI=1S/C33H36ClN5O4S/c1-2-37-23-30(33(41)35-13-15-36-16-18-38(19-17-36)27-9-5-8-26(34)20-27)32(40)29-21-28(10-11-31(29)37)44(42,43)39-14-12-24-6-3-4-7-25(24)22-39/h3-11,20-21,23H,2,12-19,22H2,1H3,(H,35,41). The number of carbonyl (C=O) groups is 1. The zero-order valence-electron chi connectivity index (χ0n) is 24.7. The lowest BCUT2D eigenvalue weighted by molar-refractivity contribution is 0.0946. The van der Waals surface area contributed by atoms with E-state index in [0.29, 0.717) is 38.1 Å². The third-order valence-electron chi connectivity index (χ3n) is 8.63. The SMILES string of the molecule is CCn1cc(C(=O)NCCN2CCN(c3cccc(Cl)c3)CC2)c(=O)c2cc(S(=O)(=O)N3CCc4ccccc4C3)ccc21. The molecule has 11 heteroatoms. The lowest BCUT2D eigenvalue weighted by Gasteiger charge is -2.36. The summed E-state index contributed by atoms with van der Waals surface area (Å²) in [4.78, 5) is 31.5. The van der Waals surface area contributed by atoms with Gasteiger partial charge < -0.3 is 14.8 Å². The van der Waals surface area contributed by atoms with Crippen LogP contribution in [0, 0.1) is 0 Å². The average Bonchev–Trinajstić information content (AvgIpc) is 3.05. The van der Waals surface area contributed by atoms with Crippen LogP contribution in [0.2, 0.25) is 5.02 Å². The Kier molecular flexibility index (Phi) is 8.77. The highest BCUT2D eigenvalue weighted by Crippen LogP contribution is 2.27. The van der Waals surface area contributed by atoms with Crippen LogP contribution >= 0.6 is 11.6 Å². The van der Waals surface area contributed by atoms with Crippen molar-refractivity contribution in [1.29, 1.82) is 0 Å². The van der Waals surface area contributed by atoms with Gasteiger partial charge in [-0.25, -0.2) is 8.42 Å². The average molecular weight is 634 g/mol. The van der Waals surface area contributed by atoms with E-state index >= 15 is 0 Å². The summed E-state index contributed by atoms with van der Waals surface area (Å²) in [5.74, 6) is -0.461. The smallest absolute Gasteiger partial charge is 0.256 e. The molecule has 0 bridgehead atoms. The maximum atomic E-state index is 13.7. The summed E-state index contributed by atoms with van der Waals surface area (Å²) in [6.07, 6.45) is 2.20. The van der Waals surface area contributed by atoms with Gasteiger partial charge in [0.25, 0.3) is 5.91 Å². The Balaban J connectivity index is 1.15. The van der Waals surface area contributed by atoms with Gasteiger partial charge in [0.05, 0.1) is 10.4 Å². The number of halogens is 1. The first-order valence-corrected chi connectivity index (χ1v) is 16.8. The molecule has 0 atom stereocenters. The van der Waals surface area contributed by atoms with Crippen molar-refractivity contribution in [3.63, 3.8) is 0 Å². The monoisotopic (exact) mass is 633 g/mol. The lowest BCUT2D eigenvalue weighted by Crippen LogP contribution is -2.48. The summed E-state index contributed by atoms with van der Waals surface area (Å²) in [6, 6.07) is 20.3. The minimum absolute atomic E-state index is 0.00609. The van der Waals surface area contributed by atoms with Gasteiger partial charge in [0.1, 0.15) is 5.56 Å². The highest BCUT2D eigenvalue weighted by molar-refractivity contribution is 7.89. The molecule has 2 aliphatic heterocycles. The second kappa shape index (κ2) is 12.7. The van der Waals surface area contributed by atoms with Crippen LogP contribution in [0.1, 0.15) is 28.4 Å². The zero-order valence-corrected chi connectivity index (χ0v) is 26.3. The van der Waals surface area contributed by atoms with Gasteiger partial charge in [-0.3, -0.25) is 14.5 Å². The predicted molar refractivity (Wildman–Crippen MR) is 174 cm³/mol. The Bertz CT molecular complexity index is 1870. The molecule has 1 fully saturated rings. The fourth-order valence-electron chi connectivity index (χ4n) is 6.11. The largest absolute Gasteiger partial charge is 0.369 e. The van der Waals surface area contributed by atoms with Crippen LogP contribution in [0.3, 0.4) is 0 Å². The van der Waals surface area contributed by atoms with Gasteiger partial charge >= 0.3 is 0 Å². The highest BCUT2D eigenvalue weighted by atomic mass is 35.5. The molecule has 0 unspecified atom stereocenters. The molecule has 0 radical (unpaired) electrons. The van der Waals surface area contributed by atoms with Gasteiger partial charge in [-0.05, 0) is 60.9 Å². The molecule has 3 aromatic carbocycles. The van der Waals surface area contributed by atoms with Gasteiger partial charge in [-0.15, -0.1) is 0 Å². The van der Waals surface area contributed by atoms with Crippen molar-refractivity contribution >= 4 is 44.1 Å². The number of nitrogens with one attached hydrogen (secondary N) is 1. The van der Waals surface area contributed by atoms with Crippen molar-refractivity contribution in [3.8, 4) is 0 Å². The number of nitrogens with zero attached hydrogens (tertiary/aromatic N) is 4. The molecule has 6 rings (SSSR count). The van der Waals surface area contributed by atoms with Crippen LogP contribution in [0.5, 0.6) is 0 Å². The number of carbonyl (C=O) groups excluding carboxylic acids is 1. The van der Waals surface area contributed by atoms with E-state index in [1.54, 1.807) is 18.3 Å². The van der Waals surface area contributed by atoms with Gasteiger partial charge in [0.15, 0.2) is 0 Å². The molecule has 9 nitrogen and oxygen atoms in total. The number of amides is 1. The molecule has 1 amide bonds. The topological polar surface area (TPSA) is 95.0 Å². The summed E-state index contributed by atoms with van der Waals surface area (Å²) in [5, 5.41) is 3.84. The Morgan fingerprint density at radius 3 is 2.45 bits per heavy atom. The summed E-state index contributed by atoms with van der Waals surface area (Å²) in [6.45, 7) is 7.55. The Morgan fingerprint density at radius 1 is 0.932 bits per heavy atom. The third kappa shape index (κ3) is 6.12. The van der Waals surface area contributed by atoms with Crippen LogP contribution in [0.15, 0.2) is 82.6 Å². The highest BCUT2D eigenvalue weighted by Gasteiger charge is 2.29. The Hall–Kier alpha value is -3.70. The van der Waals surface area contributed by atoms with Crippen LogP contribution in [-0.2, 0) is 29.5 Å². The maximum absolute atomic E-state index is 13.7. The summed E-state index contributed by atoms with van der Waals surface area (Å²) >= 11 is 6.15. The van der Waals surface area contributed by atoms with Crippen molar-refractivity contribution in [1.82, 2.24) is 19.1 Å². The molecule has 1 N–H and O–H groups in total. The molecule has 1 aromatic heterocycles. The molecule has 0 aliphatic carbocycles. The van der Waals surface area contributed by atoms with Gasteiger partial charge in [-0.1, -0.05) is 41.9 Å². The number of rotatable bonds is 8. The van der Waals surface area contributed by atoms with E-state index in [9.17, 15) is 18.0 Å². The van der Waals surface area contributed by atoms with E-state index in [0.717, 1.165) is 48.0 Å². The second-order valence-corrected chi connectivity index (χ2v) is 13.6. The number of hydrogen-bond donors (Lipinski definition) is 1. The number of fused-ring (bicyclic) bond motifs is 2. The molecule has 3 heterocycles. The first-order chi connectivity index (χ1) is 21.2. The first kappa shape index (κ1) is 30.3. The molecule has 4 aromatic rings. The molecule has 0 saturated carbocycles. The molecule has 230 valence electrons. The summed E-state index contributed by atoms with van der Waals surface area (Å²) in [7, 11) is -3.85. The van der Waals surface area contributed by atoms with Gasteiger partial charge in [0.2, 0.25) is 15.5 Å². The molecular weight excluding hydrogens is 598 g/mol. The number of hydrogen-bond acceptors (Lipinski definition) is 6. The fourth-order valence-corrected chi connectivity index (χ4v) is 7.74. The number of aryl methyl sites for hydroxylation is 1. The van der Waals surface area contributed by atoms with Crippen molar-refractivity contribution in [2.45, 2.75) is 31.3 Å². The minimum atomic E-state index is -3.85. The second-order valence-electron chi connectivity index (χ2n) is 11.3. The number of anilines is 1. The minimum Gasteiger partial charge on any atom is -0.369 e.